The molecule has 0 fully saturated rings. The maximum absolute atomic E-state index is 2.28. The standard InChI is InChI=1S/C22H32N/c1-2-3-4-5-6-7-8-10-13-21-16-18-23(19-17-21)20-22-14-11-9-12-15-22/h9,11-12,14-19H,2-8,10,13,20H2,1H3/q+1. The van der Waals surface area contributed by atoms with Gasteiger partial charge in [-0.2, -0.15) is 0 Å². The van der Waals surface area contributed by atoms with Gasteiger partial charge in [-0.25, -0.2) is 4.57 Å². The molecule has 0 atom stereocenters. The second kappa shape index (κ2) is 11.0. The number of nitrogens with zero attached hydrogens (tertiary/aromatic N) is 1. The molecule has 1 aromatic heterocycles. The Balaban J connectivity index is 1.61. The van der Waals surface area contributed by atoms with Crippen LogP contribution < -0.4 is 4.57 Å². The first-order valence-electron chi connectivity index (χ1n) is 9.40. The van der Waals surface area contributed by atoms with Crippen LogP contribution in [-0.4, -0.2) is 0 Å². The smallest absolute Gasteiger partial charge is 0.173 e. The summed E-state index contributed by atoms with van der Waals surface area (Å²) in [5.41, 5.74) is 2.83. The summed E-state index contributed by atoms with van der Waals surface area (Å²) in [4.78, 5) is 0. The number of pyridine rings is 1. The molecule has 0 aliphatic heterocycles. The minimum absolute atomic E-state index is 0.957. The Labute approximate surface area is 142 Å². The molecule has 0 radical (unpaired) electrons. The van der Waals surface area contributed by atoms with E-state index in [0.717, 1.165) is 6.54 Å². The van der Waals surface area contributed by atoms with Crippen molar-refractivity contribution in [1.29, 1.82) is 0 Å². The van der Waals surface area contributed by atoms with Crippen molar-refractivity contribution in [3.63, 3.8) is 0 Å². The number of hydrogen-bond acceptors (Lipinski definition) is 0. The van der Waals surface area contributed by atoms with E-state index in [9.17, 15) is 0 Å². The molecule has 2 aromatic rings. The van der Waals surface area contributed by atoms with Crippen molar-refractivity contribution in [2.45, 2.75) is 71.3 Å². The molecule has 1 heteroatoms. The number of aromatic nitrogens is 1. The second-order valence-electron chi connectivity index (χ2n) is 6.59. The van der Waals surface area contributed by atoms with E-state index in [0.29, 0.717) is 0 Å². The highest BCUT2D eigenvalue weighted by Gasteiger charge is 2.02. The van der Waals surface area contributed by atoms with Crippen molar-refractivity contribution < 1.29 is 4.57 Å². The van der Waals surface area contributed by atoms with Crippen molar-refractivity contribution in [3.8, 4) is 0 Å². The Kier molecular flexibility index (Phi) is 8.47. The van der Waals surface area contributed by atoms with Gasteiger partial charge in [0, 0.05) is 17.7 Å². The summed E-state index contributed by atoms with van der Waals surface area (Å²) in [6, 6.07) is 15.2. The topological polar surface area (TPSA) is 3.88 Å². The predicted octanol–water partition coefficient (Wildman–Crippen LogP) is 5.71. The Bertz CT molecular complexity index is 515. The van der Waals surface area contributed by atoms with E-state index in [1.807, 2.05) is 0 Å². The molecule has 0 N–H and O–H groups in total. The van der Waals surface area contributed by atoms with Crippen LogP contribution in [0.25, 0.3) is 0 Å². The van der Waals surface area contributed by atoms with Gasteiger partial charge in [0.05, 0.1) is 0 Å². The molecule has 2 rings (SSSR count). The number of hydrogen-bond donors (Lipinski definition) is 0. The fraction of sp³-hybridized carbons (Fsp3) is 0.500. The molecule has 0 amide bonds. The van der Waals surface area contributed by atoms with Crippen LogP contribution in [0.4, 0.5) is 0 Å². The van der Waals surface area contributed by atoms with Gasteiger partial charge in [-0.05, 0) is 18.4 Å². The SMILES string of the molecule is CCCCCCCCCCc1cc[n+](Cc2ccccc2)cc1. The third-order valence-corrected chi connectivity index (χ3v) is 4.49. The van der Waals surface area contributed by atoms with Crippen LogP contribution in [0, 0.1) is 0 Å². The van der Waals surface area contributed by atoms with Gasteiger partial charge in [-0.15, -0.1) is 0 Å². The monoisotopic (exact) mass is 310 g/mol. The third-order valence-electron chi connectivity index (χ3n) is 4.49. The summed E-state index contributed by atoms with van der Waals surface area (Å²) >= 11 is 0. The number of rotatable bonds is 11. The molecule has 0 saturated carbocycles. The van der Waals surface area contributed by atoms with Crippen LogP contribution in [0.15, 0.2) is 54.9 Å². The van der Waals surface area contributed by atoms with Gasteiger partial charge in [-0.1, -0.05) is 82.2 Å². The summed E-state index contributed by atoms with van der Waals surface area (Å²) in [5, 5.41) is 0. The van der Waals surface area contributed by atoms with Gasteiger partial charge >= 0.3 is 0 Å². The maximum atomic E-state index is 2.28. The molecule has 0 aliphatic rings. The number of unbranched alkanes of at least 4 members (excludes halogenated alkanes) is 7. The highest BCUT2D eigenvalue weighted by molar-refractivity contribution is 5.13. The van der Waals surface area contributed by atoms with E-state index in [4.69, 9.17) is 0 Å². The zero-order chi connectivity index (χ0) is 16.2. The molecule has 23 heavy (non-hydrogen) atoms. The summed E-state index contributed by atoms with van der Waals surface area (Å²) in [7, 11) is 0. The molecule has 1 heterocycles. The van der Waals surface area contributed by atoms with Crippen molar-refractivity contribution in [3.05, 3.63) is 66.0 Å². The van der Waals surface area contributed by atoms with Gasteiger partial charge in [0.25, 0.3) is 0 Å². The van der Waals surface area contributed by atoms with E-state index < -0.39 is 0 Å². The average Bonchev–Trinajstić information content (AvgIpc) is 2.60. The van der Waals surface area contributed by atoms with Crippen molar-refractivity contribution in [1.82, 2.24) is 0 Å². The van der Waals surface area contributed by atoms with E-state index in [-0.39, 0.29) is 0 Å². The normalized spacial score (nSPS) is 10.8. The second-order valence-corrected chi connectivity index (χ2v) is 6.59. The lowest BCUT2D eigenvalue weighted by molar-refractivity contribution is -0.688. The highest BCUT2D eigenvalue weighted by Crippen LogP contribution is 2.10. The van der Waals surface area contributed by atoms with Gasteiger partial charge in [0.2, 0.25) is 0 Å². The van der Waals surface area contributed by atoms with Crippen LogP contribution >= 0.6 is 0 Å². The van der Waals surface area contributed by atoms with E-state index in [1.54, 1.807) is 0 Å². The fourth-order valence-electron chi connectivity index (χ4n) is 3.02. The Morgan fingerprint density at radius 1 is 0.652 bits per heavy atom. The first-order chi connectivity index (χ1) is 11.4. The average molecular weight is 311 g/mol. The van der Waals surface area contributed by atoms with E-state index in [2.05, 4.69) is 66.3 Å². The molecule has 124 valence electrons. The van der Waals surface area contributed by atoms with Gasteiger partial charge < -0.3 is 0 Å². The molecule has 0 bridgehead atoms. The Morgan fingerprint density at radius 2 is 1.26 bits per heavy atom. The number of aryl methyl sites for hydroxylation is 1. The van der Waals surface area contributed by atoms with Crippen LogP contribution in [0.1, 0.15) is 69.4 Å². The highest BCUT2D eigenvalue weighted by atomic mass is 14.9. The summed E-state index contributed by atoms with van der Waals surface area (Å²) in [6.07, 6.45) is 16.8. The lowest BCUT2D eigenvalue weighted by Crippen LogP contribution is -2.33. The fourth-order valence-corrected chi connectivity index (χ4v) is 3.02. The van der Waals surface area contributed by atoms with E-state index in [1.165, 1.54) is 68.9 Å². The molecular formula is C22H32N+. The summed E-state index contributed by atoms with van der Waals surface area (Å²) in [5.74, 6) is 0. The first kappa shape index (κ1) is 17.7. The molecular weight excluding hydrogens is 278 g/mol. The number of benzene rings is 1. The molecule has 1 aromatic carbocycles. The van der Waals surface area contributed by atoms with E-state index >= 15 is 0 Å². The summed E-state index contributed by atoms with van der Waals surface area (Å²) in [6.45, 7) is 3.24. The molecule has 0 unspecified atom stereocenters. The van der Waals surface area contributed by atoms with Crippen molar-refractivity contribution in [2.24, 2.45) is 0 Å². The van der Waals surface area contributed by atoms with Crippen LogP contribution in [0.2, 0.25) is 0 Å². The molecule has 0 spiro atoms. The molecule has 1 nitrogen and oxygen atoms in total. The zero-order valence-electron chi connectivity index (χ0n) is 14.7. The van der Waals surface area contributed by atoms with Gasteiger partial charge in [0.15, 0.2) is 18.9 Å². The third kappa shape index (κ3) is 7.45. The molecule has 0 aliphatic carbocycles. The minimum atomic E-state index is 0.957. The summed E-state index contributed by atoms with van der Waals surface area (Å²) < 4.78 is 2.26. The van der Waals surface area contributed by atoms with Crippen LogP contribution in [0.3, 0.4) is 0 Å². The van der Waals surface area contributed by atoms with Gasteiger partial charge in [-0.3, -0.25) is 0 Å². The van der Waals surface area contributed by atoms with Crippen molar-refractivity contribution >= 4 is 0 Å². The van der Waals surface area contributed by atoms with Gasteiger partial charge in [0.1, 0.15) is 0 Å². The van der Waals surface area contributed by atoms with Crippen LogP contribution in [0.5, 0.6) is 0 Å². The first-order valence-corrected chi connectivity index (χ1v) is 9.40. The predicted molar refractivity (Wildman–Crippen MR) is 98.5 cm³/mol. The van der Waals surface area contributed by atoms with Crippen molar-refractivity contribution in [2.75, 3.05) is 0 Å². The van der Waals surface area contributed by atoms with Crippen LogP contribution in [-0.2, 0) is 13.0 Å². The molecule has 0 saturated heterocycles. The largest absolute Gasteiger partial charge is 0.201 e. The zero-order valence-corrected chi connectivity index (χ0v) is 14.7. The quantitative estimate of drug-likeness (QED) is 0.370. The lowest BCUT2D eigenvalue weighted by Gasteiger charge is -2.03. The minimum Gasteiger partial charge on any atom is -0.201 e. The Hall–Kier alpha value is -1.63. The maximum Gasteiger partial charge on any atom is 0.173 e. The Morgan fingerprint density at radius 3 is 1.91 bits per heavy atom. The lowest BCUT2D eigenvalue weighted by atomic mass is 10.0.